The van der Waals surface area contributed by atoms with Crippen LogP contribution in [-0.4, -0.2) is 41.3 Å². The third-order valence-electron chi connectivity index (χ3n) is 2.74. The summed E-state index contributed by atoms with van der Waals surface area (Å²) in [5, 5.41) is 10.1. The topological polar surface area (TPSA) is 65.0 Å². The van der Waals surface area contributed by atoms with E-state index < -0.39 is 35.5 Å². The maximum absolute atomic E-state index is 11.9. The van der Waals surface area contributed by atoms with E-state index in [4.69, 9.17) is 14.2 Å². The molecule has 1 rings (SSSR count). The summed E-state index contributed by atoms with van der Waals surface area (Å²) in [6.07, 6.45) is -0.210. The van der Waals surface area contributed by atoms with E-state index >= 15 is 0 Å². The molecule has 1 aliphatic rings. The Hall–Kier alpha value is -0.910. The first-order valence-electron chi connectivity index (χ1n) is 6.41. The molecule has 5 nitrogen and oxygen atoms in total. The van der Waals surface area contributed by atoms with Crippen LogP contribution < -0.4 is 0 Å². The van der Waals surface area contributed by atoms with E-state index in [1.54, 1.807) is 34.6 Å². The maximum atomic E-state index is 11.9. The van der Waals surface area contributed by atoms with Gasteiger partial charge in [0.05, 0.1) is 12.7 Å². The molecule has 0 amide bonds. The lowest BCUT2D eigenvalue weighted by molar-refractivity contribution is -0.174. The van der Waals surface area contributed by atoms with Crippen LogP contribution in [0.1, 0.15) is 34.6 Å². The Morgan fingerprint density at radius 3 is 2.47 bits per heavy atom. The standard InChI is InChI=1S/C14H24O5/c1-7-9(10-8-17-14(5,6)18-10)11(15)12(16)19-13(2,3)4/h7,9-11,15H,1,8H2,2-6H3/t9-,10+,11+/m0/s1. The summed E-state index contributed by atoms with van der Waals surface area (Å²) in [5.41, 5.74) is -0.643. The van der Waals surface area contributed by atoms with Crippen LogP contribution >= 0.6 is 0 Å². The second-order valence-corrected chi connectivity index (χ2v) is 6.16. The zero-order valence-electron chi connectivity index (χ0n) is 12.3. The maximum Gasteiger partial charge on any atom is 0.336 e. The van der Waals surface area contributed by atoms with Crippen LogP contribution in [-0.2, 0) is 19.0 Å². The number of rotatable bonds is 4. The molecule has 3 atom stereocenters. The molecule has 0 saturated carbocycles. The molecular formula is C14H24O5. The molecule has 0 aromatic rings. The molecule has 0 aromatic heterocycles. The van der Waals surface area contributed by atoms with Gasteiger partial charge in [-0.2, -0.15) is 0 Å². The van der Waals surface area contributed by atoms with Crippen molar-refractivity contribution in [3.63, 3.8) is 0 Å². The van der Waals surface area contributed by atoms with Gasteiger partial charge in [0, 0.05) is 5.92 Å². The van der Waals surface area contributed by atoms with Crippen LogP contribution in [0.4, 0.5) is 0 Å². The molecule has 0 aliphatic carbocycles. The molecule has 0 aromatic carbocycles. The Morgan fingerprint density at radius 1 is 1.53 bits per heavy atom. The second-order valence-electron chi connectivity index (χ2n) is 6.16. The van der Waals surface area contributed by atoms with Crippen LogP contribution in [0, 0.1) is 5.92 Å². The predicted octanol–water partition coefficient (Wildman–Crippen LogP) is 1.64. The van der Waals surface area contributed by atoms with Gasteiger partial charge in [-0.1, -0.05) is 6.08 Å². The van der Waals surface area contributed by atoms with Crippen molar-refractivity contribution in [2.24, 2.45) is 5.92 Å². The van der Waals surface area contributed by atoms with Crippen LogP contribution in [0.2, 0.25) is 0 Å². The lowest BCUT2D eigenvalue weighted by Crippen LogP contribution is -2.41. The molecule has 0 spiro atoms. The van der Waals surface area contributed by atoms with Crippen molar-refractivity contribution in [2.45, 2.75) is 58.2 Å². The molecule has 0 unspecified atom stereocenters. The van der Waals surface area contributed by atoms with Crippen molar-refractivity contribution in [2.75, 3.05) is 6.61 Å². The number of esters is 1. The minimum atomic E-state index is -1.31. The first-order valence-corrected chi connectivity index (χ1v) is 6.41. The third-order valence-corrected chi connectivity index (χ3v) is 2.74. The zero-order chi connectivity index (χ0) is 14.8. The van der Waals surface area contributed by atoms with E-state index in [0.29, 0.717) is 6.61 Å². The molecule has 1 aliphatic heterocycles. The monoisotopic (exact) mass is 272 g/mol. The molecule has 5 heteroatoms. The summed E-state index contributed by atoms with van der Waals surface area (Å²) in [7, 11) is 0. The fourth-order valence-corrected chi connectivity index (χ4v) is 1.91. The second kappa shape index (κ2) is 5.61. The van der Waals surface area contributed by atoms with Crippen molar-refractivity contribution in [3.8, 4) is 0 Å². The Labute approximate surface area is 114 Å². The highest BCUT2D eigenvalue weighted by molar-refractivity contribution is 5.75. The van der Waals surface area contributed by atoms with E-state index in [9.17, 15) is 9.90 Å². The first kappa shape index (κ1) is 16.1. The van der Waals surface area contributed by atoms with E-state index in [-0.39, 0.29) is 0 Å². The lowest BCUT2D eigenvalue weighted by atomic mass is 9.96. The van der Waals surface area contributed by atoms with Crippen molar-refractivity contribution in [1.82, 2.24) is 0 Å². The average Bonchev–Trinajstić information content (AvgIpc) is 2.57. The van der Waals surface area contributed by atoms with Gasteiger partial charge < -0.3 is 19.3 Å². The minimum Gasteiger partial charge on any atom is -0.458 e. The number of carbonyl (C=O) groups excluding carboxylic acids is 1. The molecule has 110 valence electrons. The van der Waals surface area contributed by atoms with Crippen molar-refractivity contribution < 1.29 is 24.1 Å². The molecule has 1 heterocycles. The fraction of sp³-hybridized carbons (Fsp3) is 0.786. The number of aliphatic hydroxyl groups is 1. The van der Waals surface area contributed by atoms with Gasteiger partial charge in [0.2, 0.25) is 0 Å². The zero-order valence-corrected chi connectivity index (χ0v) is 12.3. The van der Waals surface area contributed by atoms with E-state index in [1.165, 1.54) is 6.08 Å². The molecule has 0 radical (unpaired) electrons. The summed E-state index contributed by atoms with van der Waals surface area (Å²) in [5.74, 6) is -1.94. The normalized spacial score (nSPS) is 25.7. The number of hydrogen-bond donors (Lipinski definition) is 1. The van der Waals surface area contributed by atoms with Gasteiger partial charge in [0.15, 0.2) is 11.9 Å². The van der Waals surface area contributed by atoms with Gasteiger partial charge in [-0.15, -0.1) is 6.58 Å². The van der Waals surface area contributed by atoms with Crippen LogP contribution in [0.25, 0.3) is 0 Å². The summed E-state index contributed by atoms with van der Waals surface area (Å²) in [6.45, 7) is 12.8. The van der Waals surface area contributed by atoms with Gasteiger partial charge in [0.25, 0.3) is 0 Å². The predicted molar refractivity (Wildman–Crippen MR) is 70.4 cm³/mol. The van der Waals surface area contributed by atoms with Crippen LogP contribution in [0.5, 0.6) is 0 Å². The Kier molecular flexibility index (Phi) is 4.76. The smallest absolute Gasteiger partial charge is 0.336 e. The largest absolute Gasteiger partial charge is 0.458 e. The Bertz CT molecular complexity index is 342. The summed E-state index contributed by atoms with van der Waals surface area (Å²) >= 11 is 0. The van der Waals surface area contributed by atoms with Crippen molar-refractivity contribution in [3.05, 3.63) is 12.7 Å². The SMILES string of the molecule is C=C[C@@H]([C@H]1COC(C)(C)O1)[C@@H](O)C(=O)OC(C)(C)C. The van der Waals surface area contributed by atoms with Crippen LogP contribution in [0.3, 0.4) is 0 Å². The number of hydrogen-bond acceptors (Lipinski definition) is 5. The quantitative estimate of drug-likeness (QED) is 0.622. The highest BCUT2D eigenvalue weighted by Crippen LogP contribution is 2.29. The number of aliphatic hydroxyl groups excluding tert-OH is 1. The van der Waals surface area contributed by atoms with E-state index in [0.717, 1.165) is 0 Å². The first-order chi connectivity index (χ1) is 8.56. The molecule has 1 fully saturated rings. The Balaban J connectivity index is 2.70. The Morgan fingerprint density at radius 2 is 2.11 bits per heavy atom. The van der Waals surface area contributed by atoms with Gasteiger partial charge in [-0.05, 0) is 34.6 Å². The minimum absolute atomic E-state index is 0.309. The van der Waals surface area contributed by atoms with Gasteiger partial charge in [0.1, 0.15) is 5.60 Å². The summed E-state index contributed by atoms with van der Waals surface area (Å²) in [4.78, 5) is 11.9. The van der Waals surface area contributed by atoms with Crippen LogP contribution in [0.15, 0.2) is 12.7 Å². The molecule has 19 heavy (non-hydrogen) atoms. The summed E-state index contributed by atoms with van der Waals surface area (Å²) < 4.78 is 16.2. The molecular weight excluding hydrogens is 248 g/mol. The van der Waals surface area contributed by atoms with E-state index in [1.807, 2.05) is 0 Å². The lowest BCUT2D eigenvalue weighted by Gasteiger charge is -2.27. The van der Waals surface area contributed by atoms with Crippen molar-refractivity contribution >= 4 is 5.97 Å². The number of ether oxygens (including phenoxy) is 3. The summed E-state index contributed by atoms with van der Waals surface area (Å²) in [6, 6.07) is 0. The average molecular weight is 272 g/mol. The molecule has 1 saturated heterocycles. The van der Waals surface area contributed by atoms with Crippen molar-refractivity contribution in [1.29, 1.82) is 0 Å². The van der Waals surface area contributed by atoms with Gasteiger partial charge >= 0.3 is 5.97 Å². The fourth-order valence-electron chi connectivity index (χ4n) is 1.91. The van der Waals surface area contributed by atoms with E-state index in [2.05, 4.69) is 6.58 Å². The number of carbonyl (C=O) groups is 1. The third kappa shape index (κ3) is 4.60. The molecule has 0 bridgehead atoms. The highest BCUT2D eigenvalue weighted by atomic mass is 16.7. The van der Waals surface area contributed by atoms with Gasteiger partial charge in [-0.3, -0.25) is 0 Å². The molecule has 1 N–H and O–H groups in total. The highest BCUT2D eigenvalue weighted by Gasteiger charge is 2.41. The van der Waals surface area contributed by atoms with Gasteiger partial charge in [-0.25, -0.2) is 4.79 Å².